The molecule has 1 aromatic carbocycles. The van der Waals surface area contributed by atoms with Gasteiger partial charge in [-0.05, 0) is 30.5 Å². The van der Waals surface area contributed by atoms with Crippen LogP contribution in [0.1, 0.15) is 11.5 Å². The summed E-state index contributed by atoms with van der Waals surface area (Å²) in [7, 11) is -1.33. The second-order valence-corrected chi connectivity index (χ2v) is 4.41. The Kier molecular flexibility index (Phi) is 5.21. The maximum absolute atomic E-state index is 10.3. The Bertz CT molecular complexity index is 397. The minimum absolute atomic E-state index is 0.0859. The molecule has 0 spiro atoms. The fourth-order valence-corrected chi connectivity index (χ4v) is 1.72. The van der Waals surface area contributed by atoms with Crippen LogP contribution in [-0.2, 0) is 15.3 Å². The van der Waals surface area contributed by atoms with Crippen molar-refractivity contribution in [2.75, 3.05) is 13.6 Å². The summed E-state index contributed by atoms with van der Waals surface area (Å²) >= 11 is 5.76. The standard InChI is InChI=1S/C10H13ClNO3S/c1-8(7-12(2)15-16(13)14)9-3-5-10(11)6-4-9/h3-6,8,16H,1,7H2,2H3. The molecule has 1 atom stereocenters. The largest absolute Gasteiger partial charge is 0.273 e. The zero-order valence-electron chi connectivity index (χ0n) is 8.80. The van der Waals surface area contributed by atoms with Gasteiger partial charge in [-0.3, -0.25) is 0 Å². The number of halogens is 1. The lowest BCUT2D eigenvalue weighted by Gasteiger charge is -2.17. The molecule has 0 amide bonds. The Labute approximate surface area is 102 Å². The van der Waals surface area contributed by atoms with E-state index in [2.05, 4.69) is 11.2 Å². The molecule has 1 aromatic rings. The number of nitrogens with zero attached hydrogens (tertiary/aromatic N) is 1. The Balaban J connectivity index is 2.58. The first kappa shape index (κ1) is 13.4. The highest BCUT2D eigenvalue weighted by molar-refractivity contribution is 7.67. The van der Waals surface area contributed by atoms with Gasteiger partial charge in [0.25, 0.3) is 11.0 Å². The van der Waals surface area contributed by atoms with Gasteiger partial charge < -0.3 is 0 Å². The molecule has 0 saturated heterocycles. The molecule has 1 unspecified atom stereocenters. The van der Waals surface area contributed by atoms with Crippen LogP contribution in [0.2, 0.25) is 5.02 Å². The van der Waals surface area contributed by atoms with Gasteiger partial charge in [-0.2, -0.15) is 9.35 Å². The molecule has 0 saturated carbocycles. The maximum Gasteiger partial charge on any atom is 0.273 e. The van der Waals surface area contributed by atoms with Crippen LogP contribution in [0.4, 0.5) is 0 Å². The fraction of sp³-hybridized carbons (Fsp3) is 0.300. The number of hydroxylamine groups is 2. The van der Waals surface area contributed by atoms with Gasteiger partial charge in [0.15, 0.2) is 0 Å². The van der Waals surface area contributed by atoms with Crippen LogP contribution in [-0.4, -0.2) is 27.1 Å². The van der Waals surface area contributed by atoms with E-state index in [9.17, 15) is 8.42 Å². The molecule has 0 fully saturated rings. The van der Waals surface area contributed by atoms with Gasteiger partial charge in [-0.15, -0.1) is 0 Å². The van der Waals surface area contributed by atoms with E-state index in [0.717, 1.165) is 5.56 Å². The quantitative estimate of drug-likeness (QED) is 0.647. The second-order valence-electron chi connectivity index (χ2n) is 3.36. The summed E-state index contributed by atoms with van der Waals surface area (Å²) in [6.45, 7) is 4.30. The van der Waals surface area contributed by atoms with Gasteiger partial charge in [-0.25, -0.2) is 8.42 Å². The number of thiol groups is 1. The third-order valence-electron chi connectivity index (χ3n) is 2.02. The van der Waals surface area contributed by atoms with Crippen molar-refractivity contribution in [1.82, 2.24) is 5.06 Å². The summed E-state index contributed by atoms with van der Waals surface area (Å²) < 4.78 is 25.1. The van der Waals surface area contributed by atoms with Gasteiger partial charge in [0.05, 0.1) is 0 Å². The first-order valence-corrected chi connectivity index (χ1v) is 6.08. The number of hydrogen-bond donors (Lipinski definition) is 1. The van der Waals surface area contributed by atoms with Gasteiger partial charge >= 0.3 is 0 Å². The monoisotopic (exact) mass is 262 g/mol. The highest BCUT2D eigenvalue weighted by atomic mass is 35.5. The maximum atomic E-state index is 10.3. The van der Waals surface area contributed by atoms with Crippen LogP contribution in [0.3, 0.4) is 0 Å². The number of rotatable bonds is 5. The topological polar surface area (TPSA) is 46.6 Å². The van der Waals surface area contributed by atoms with Crippen molar-refractivity contribution in [3.05, 3.63) is 41.8 Å². The van der Waals surface area contributed by atoms with Crippen molar-refractivity contribution in [2.24, 2.45) is 0 Å². The zero-order chi connectivity index (χ0) is 12.1. The van der Waals surface area contributed by atoms with Crippen molar-refractivity contribution >= 4 is 22.6 Å². The van der Waals surface area contributed by atoms with E-state index in [1.54, 1.807) is 19.2 Å². The summed E-state index contributed by atoms with van der Waals surface area (Å²) in [5.41, 5.74) is 0.973. The van der Waals surface area contributed by atoms with Gasteiger partial charge in [0, 0.05) is 18.6 Å². The van der Waals surface area contributed by atoms with E-state index in [-0.39, 0.29) is 5.92 Å². The lowest BCUT2D eigenvalue weighted by atomic mass is 10.0. The third kappa shape index (κ3) is 4.49. The molecule has 16 heavy (non-hydrogen) atoms. The van der Waals surface area contributed by atoms with Crippen molar-refractivity contribution in [1.29, 1.82) is 0 Å². The molecular formula is C10H13ClNO3S. The summed E-state index contributed by atoms with van der Waals surface area (Å²) in [5, 5.41) is 1.89. The Hall–Kier alpha value is -0.620. The van der Waals surface area contributed by atoms with Gasteiger partial charge in [0.2, 0.25) is 0 Å². The molecule has 6 heteroatoms. The molecule has 0 aromatic heterocycles. The summed E-state index contributed by atoms with van der Waals surface area (Å²) in [6.07, 6.45) is 0. The smallest absolute Gasteiger partial charge is 0.201 e. The Morgan fingerprint density at radius 2 is 2.00 bits per heavy atom. The lowest BCUT2D eigenvalue weighted by molar-refractivity contribution is -0.0207. The molecule has 89 valence electrons. The SMILES string of the molecule is [CH2]C(CN(C)O[SH](=O)=O)c1ccc(Cl)cc1. The summed E-state index contributed by atoms with van der Waals surface area (Å²) in [5.74, 6) is -0.0859. The van der Waals surface area contributed by atoms with Crippen LogP contribution in [0.5, 0.6) is 0 Å². The highest BCUT2D eigenvalue weighted by Crippen LogP contribution is 2.18. The minimum Gasteiger partial charge on any atom is -0.201 e. The van der Waals surface area contributed by atoms with Crippen LogP contribution in [0.15, 0.2) is 24.3 Å². The first-order valence-electron chi connectivity index (χ1n) is 4.61. The molecule has 0 N–H and O–H groups in total. The van der Waals surface area contributed by atoms with Crippen LogP contribution in [0, 0.1) is 6.92 Å². The number of benzene rings is 1. The second kappa shape index (κ2) is 6.20. The summed E-state index contributed by atoms with van der Waals surface area (Å²) in [6, 6.07) is 7.24. The molecule has 0 bridgehead atoms. The van der Waals surface area contributed by atoms with Crippen molar-refractivity contribution < 1.29 is 12.7 Å². The van der Waals surface area contributed by atoms with E-state index in [4.69, 9.17) is 11.6 Å². The molecule has 1 radical (unpaired) electrons. The van der Waals surface area contributed by atoms with Crippen molar-refractivity contribution in [2.45, 2.75) is 5.92 Å². The van der Waals surface area contributed by atoms with E-state index in [1.165, 1.54) is 5.06 Å². The molecule has 0 aliphatic rings. The van der Waals surface area contributed by atoms with E-state index >= 15 is 0 Å². The summed E-state index contributed by atoms with van der Waals surface area (Å²) in [4.78, 5) is 0. The third-order valence-corrected chi connectivity index (χ3v) is 2.69. The van der Waals surface area contributed by atoms with Gasteiger partial charge in [-0.1, -0.05) is 23.7 Å². The van der Waals surface area contributed by atoms with Crippen LogP contribution < -0.4 is 0 Å². The lowest BCUT2D eigenvalue weighted by Crippen LogP contribution is -2.23. The van der Waals surface area contributed by atoms with E-state index < -0.39 is 11.0 Å². The highest BCUT2D eigenvalue weighted by Gasteiger charge is 2.10. The van der Waals surface area contributed by atoms with Gasteiger partial charge in [0.1, 0.15) is 0 Å². The Morgan fingerprint density at radius 1 is 1.44 bits per heavy atom. The van der Waals surface area contributed by atoms with Crippen molar-refractivity contribution in [3.8, 4) is 0 Å². The van der Waals surface area contributed by atoms with Crippen LogP contribution >= 0.6 is 11.6 Å². The normalized spacial score (nSPS) is 13.3. The molecule has 0 aliphatic carbocycles. The zero-order valence-corrected chi connectivity index (χ0v) is 10.4. The molecule has 0 aliphatic heterocycles. The number of likely N-dealkylation sites (N-methyl/N-ethyl adjacent to an activating group) is 1. The van der Waals surface area contributed by atoms with E-state index in [1.807, 2.05) is 12.1 Å². The average Bonchev–Trinajstić information content (AvgIpc) is 2.16. The fourth-order valence-electron chi connectivity index (χ4n) is 1.30. The molecule has 1 rings (SSSR count). The van der Waals surface area contributed by atoms with E-state index in [0.29, 0.717) is 11.6 Å². The minimum atomic E-state index is -2.87. The predicted molar refractivity (Wildman–Crippen MR) is 63.6 cm³/mol. The Morgan fingerprint density at radius 3 is 2.50 bits per heavy atom. The first-order chi connectivity index (χ1) is 7.49. The molecular weight excluding hydrogens is 250 g/mol. The van der Waals surface area contributed by atoms with Crippen molar-refractivity contribution in [3.63, 3.8) is 0 Å². The predicted octanol–water partition coefficient (Wildman–Crippen LogP) is 1.65. The number of hydrogen-bond acceptors (Lipinski definition) is 4. The molecule has 0 heterocycles. The molecule has 4 nitrogen and oxygen atoms in total. The average molecular weight is 263 g/mol. The van der Waals surface area contributed by atoms with Crippen LogP contribution in [0.25, 0.3) is 0 Å².